The molecule has 0 aromatic carbocycles. The topological polar surface area (TPSA) is 90.2 Å². The summed E-state index contributed by atoms with van der Waals surface area (Å²) in [5.74, 6) is 0. The summed E-state index contributed by atoms with van der Waals surface area (Å²) in [7, 11) is 0. The number of rotatable bonds is 0. The quantitative estimate of drug-likeness (QED) is 0.326. The number of aliphatic hydroxyl groups excluding tert-OH is 4. The van der Waals surface area contributed by atoms with Crippen molar-refractivity contribution in [2.75, 3.05) is 0 Å². The molecule has 0 aromatic heterocycles. The van der Waals surface area contributed by atoms with Gasteiger partial charge in [0.05, 0.1) is 6.10 Å². The molecule has 0 aliphatic carbocycles. The predicted octanol–water partition coefficient (Wildman–Crippen LogP) is -2.19. The number of ether oxygens (including phenoxy) is 1. The monoisotopic (exact) mass is 164 g/mol. The molecule has 0 amide bonds. The van der Waals surface area contributed by atoms with Gasteiger partial charge in [-0.2, -0.15) is 0 Å². The van der Waals surface area contributed by atoms with E-state index in [4.69, 9.17) is 20.4 Å². The van der Waals surface area contributed by atoms with Crippen molar-refractivity contribution in [1.29, 1.82) is 0 Å². The van der Waals surface area contributed by atoms with Crippen LogP contribution in [-0.2, 0) is 4.74 Å². The summed E-state index contributed by atoms with van der Waals surface area (Å²) in [6.07, 6.45) is -5.99. The summed E-state index contributed by atoms with van der Waals surface area (Å²) in [6, 6.07) is 0. The van der Waals surface area contributed by atoms with E-state index in [1.54, 1.807) is 0 Å². The molecule has 0 spiro atoms. The lowest BCUT2D eigenvalue weighted by atomic mass is 10.0. The summed E-state index contributed by atoms with van der Waals surface area (Å²) in [5, 5.41) is 36.0. The highest BCUT2D eigenvalue weighted by atomic mass is 16.6. The van der Waals surface area contributed by atoms with Gasteiger partial charge >= 0.3 is 0 Å². The highest BCUT2D eigenvalue weighted by molar-refractivity contribution is 4.86. The fourth-order valence-corrected chi connectivity index (χ4v) is 1.03. The summed E-state index contributed by atoms with van der Waals surface area (Å²) in [4.78, 5) is 0. The molecule has 11 heavy (non-hydrogen) atoms. The van der Waals surface area contributed by atoms with E-state index in [0.717, 1.165) is 0 Å². The second-order valence-corrected chi connectivity index (χ2v) is 2.70. The Labute approximate surface area is 63.8 Å². The molecule has 1 aliphatic rings. The molecule has 1 fully saturated rings. The molecule has 5 atom stereocenters. The molecule has 66 valence electrons. The van der Waals surface area contributed by atoms with Gasteiger partial charge in [-0.05, 0) is 6.92 Å². The van der Waals surface area contributed by atoms with Gasteiger partial charge in [-0.15, -0.1) is 0 Å². The molecule has 1 aliphatic heterocycles. The van der Waals surface area contributed by atoms with E-state index in [1.165, 1.54) is 6.92 Å². The lowest BCUT2D eigenvalue weighted by Crippen LogP contribution is -2.56. The van der Waals surface area contributed by atoms with Crippen molar-refractivity contribution in [1.82, 2.24) is 0 Å². The SMILES string of the molecule is C[C@H]1O[C@@H](O)C(O)[C@@H](O)[C@@H]1O. The van der Waals surface area contributed by atoms with Gasteiger partial charge in [0.15, 0.2) is 6.29 Å². The van der Waals surface area contributed by atoms with Gasteiger partial charge in [0, 0.05) is 0 Å². The van der Waals surface area contributed by atoms with E-state index < -0.39 is 30.7 Å². The van der Waals surface area contributed by atoms with Gasteiger partial charge < -0.3 is 25.2 Å². The molecule has 5 heteroatoms. The Morgan fingerprint density at radius 3 is 2.00 bits per heavy atom. The summed E-state index contributed by atoms with van der Waals surface area (Å²) < 4.78 is 4.68. The van der Waals surface area contributed by atoms with Gasteiger partial charge in [0.2, 0.25) is 0 Å². The third kappa shape index (κ3) is 1.52. The molecule has 5 nitrogen and oxygen atoms in total. The Kier molecular flexibility index (Phi) is 2.46. The van der Waals surface area contributed by atoms with Crippen LogP contribution in [0.5, 0.6) is 0 Å². The van der Waals surface area contributed by atoms with Crippen LogP contribution in [0.25, 0.3) is 0 Å². The fraction of sp³-hybridized carbons (Fsp3) is 1.00. The van der Waals surface area contributed by atoms with Gasteiger partial charge in [0.25, 0.3) is 0 Å². The normalized spacial score (nSPS) is 52.6. The number of aliphatic hydroxyl groups is 4. The zero-order valence-electron chi connectivity index (χ0n) is 6.08. The average molecular weight is 164 g/mol. The highest BCUT2D eigenvalue weighted by Gasteiger charge is 2.40. The molecule has 0 bridgehead atoms. The van der Waals surface area contributed by atoms with Crippen LogP contribution in [0.4, 0.5) is 0 Å². The van der Waals surface area contributed by atoms with Crippen LogP contribution in [0.1, 0.15) is 6.92 Å². The molecular formula is C6H12O5. The maximum atomic E-state index is 9.09. The van der Waals surface area contributed by atoms with Crippen LogP contribution in [0.15, 0.2) is 0 Å². The summed E-state index contributed by atoms with van der Waals surface area (Å²) >= 11 is 0. The molecular weight excluding hydrogens is 152 g/mol. The number of hydrogen-bond donors (Lipinski definition) is 4. The average Bonchev–Trinajstić information content (AvgIpc) is 1.97. The van der Waals surface area contributed by atoms with Crippen molar-refractivity contribution in [2.45, 2.75) is 37.6 Å². The van der Waals surface area contributed by atoms with Crippen LogP contribution >= 0.6 is 0 Å². The van der Waals surface area contributed by atoms with Crippen LogP contribution in [0, 0.1) is 0 Å². The van der Waals surface area contributed by atoms with Gasteiger partial charge in [-0.1, -0.05) is 0 Å². The Balaban J connectivity index is 2.63. The third-order valence-electron chi connectivity index (χ3n) is 1.83. The van der Waals surface area contributed by atoms with Gasteiger partial charge in [-0.3, -0.25) is 0 Å². The third-order valence-corrected chi connectivity index (χ3v) is 1.83. The van der Waals surface area contributed by atoms with E-state index in [0.29, 0.717) is 0 Å². The van der Waals surface area contributed by atoms with E-state index in [9.17, 15) is 0 Å². The zero-order valence-corrected chi connectivity index (χ0v) is 6.08. The summed E-state index contributed by atoms with van der Waals surface area (Å²) in [5.41, 5.74) is 0. The van der Waals surface area contributed by atoms with Gasteiger partial charge in [-0.25, -0.2) is 0 Å². The van der Waals surface area contributed by atoms with Crippen LogP contribution < -0.4 is 0 Å². The molecule has 0 radical (unpaired) electrons. The second-order valence-electron chi connectivity index (χ2n) is 2.70. The maximum absolute atomic E-state index is 9.09. The molecule has 1 saturated heterocycles. The molecule has 1 heterocycles. The standard InChI is InChI=1S/C6H12O5/c1-2-3(7)4(8)5(9)6(10)11-2/h2-10H,1H3/t2-,3-,4+,5?,6-/m1/s1. The van der Waals surface area contributed by atoms with E-state index in [2.05, 4.69) is 4.74 Å². The van der Waals surface area contributed by atoms with E-state index in [1.807, 2.05) is 0 Å². The van der Waals surface area contributed by atoms with Crippen molar-refractivity contribution in [3.8, 4) is 0 Å². The van der Waals surface area contributed by atoms with E-state index in [-0.39, 0.29) is 0 Å². The molecule has 1 unspecified atom stereocenters. The lowest BCUT2D eigenvalue weighted by Gasteiger charge is -2.36. The van der Waals surface area contributed by atoms with Crippen molar-refractivity contribution in [3.63, 3.8) is 0 Å². The Hall–Kier alpha value is -0.200. The van der Waals surface area contributed by atoms with Gasteiger partial charge in [0.1, 0.15) is 18.3 Å². The minimum atomic E-state index is -1.43. The second kappa shape index (κ2) is 3.04. The van der Waals surface area contributed by atoms with Crippen molar-refractivity contribution >= 4 is 0 Å². The first-order chi connectivity index (χ1) is 5.04. The van der Waals surface area contributed by atoms with Crippen molar-refractivity contribution in [3.05, 3.63) is 0 Å². The van der Waals surface area contributed by atoms with Crippen molar-refractivity contribution < 1.29 is 25.2 Å². The minimum absolute atomic E-state index is 0.664. The van der Waals surface area contributed by atoms with Crippen molar-refractivity contribution in [2.24, 2.45) is 0 Å². The Morgan fingerprint density at radius 1 is 0.909 bits per heavy atom. The predicted molar refractivity (Wildman–Crippen MR) is 34.6 cm³/mol. The zero-order chi connectivity index (χ0) is 8.59. The first kappa shape index (κ1) is 8.89. The molecule has 0 saturated carbocycles. The molecule has 0 aromatic rings. The van der Waals surface area contributed by atoms with E-state index >= 15 is 0 Å². The van der Waals surface area contributed by atoms with Crippen LogP contribution in [0.3, 0.4) is 0 Å². The highest BCUT2D eigenvalue weighted by Crippen LogP contribution is 2.18. The minimum Gasteiger partial charge on any atom is -0.388 e. The Morgan fingerprint density at radius 2 is 1.45 bits per heavy atom. The maximum Gasteiger partial charge on any atom is 0.183 e. The van der Waals surface area contributed by atoms with Crippen LogP contribution in [-0.4, -0.2) is 51.1 Å². The Bertz CT molecular complexity index is 125. The smallest absolute Gasteiger partial charge is 0.183 e. The lowest BCUT2D eigenvalue weighted by molar-refractivity contribution is -0.277. The molecule has 1 rings (SSSR count). The fourth-order valence-electron chi connectivity index (χ4n) is 1.03. The number of hydrogen-bond acceptors (Lipinski definition) is 5. The van der Waals surface area contributed by atoms with Crippen LogP contribution in [0.2, 0.25) is 0 Å². The first-order valence-corrected chi connectivity index (χ1v) is 3.41. The molecule has 4 N–H and O–H groups in total. The summed E-state index contributed by atoms with van der Waals surface area (Å²) in [6.45, 7) is 1.50. The largest absolute Gasteiger partial charge is 0.388 e. The first-order valence-electron chi connectivity index (χ1n) is 3.41.